The van der Waals surface area contributed by atoms with Crippen molar-refractivity contribution in [3.63, 3.8) is 0 Å². The van der Waals surface area contributed by atoms with E-state index < -0.39 is 0 Å². The molecule has 2 fully saturated rings. The van der Waals surface area contributed by atoms with E-state index in [9.17, 15) is 5.11 Å². The molecule has 1 aliphatic heterocycles. The number of hydrogen-bond acceptors (Lipinski definition) is 4. The molecule has 17 heavy (non-hydrogen) atoms. The lowest BCUT2D eigenvalue weighted by atomic mass is 10.2. The number of morpholine rings is 1. The predicted molar refractivity (Wildman–Crippen MR) is 68.1 cm³/mol. The van der Waals surface area contributed by atoms with Gasteiger partial charge in [0.2, 0.25) is 0 Å². The Balaban J connectivity index is 1.51. The molecule has 4 heteroatoms. The molecule has 0 aromatic carbocycles. The molecular formula is C13H26N2O2. The van der Waals surface area contributed by atoms with Gasteiger partial charge in [-0.3, -0.25) is 4.90 Å². The van der Waals surface area contributed by atoms with Gasteiger partial charge in [-0.1, -0.05) is 0 Å². The summed E-state index contributed by atoms with van der Waals surface area (Å²) in [6, 6.07) is 0. The Hall–Kier alpha value is -0.160. The lowest BCUT2D eigenvalue weighted by Crippen LogP contribution is -2.38. The Kier molecular flexibility index (Phi) is 5.22. The van der Waals surface area contributed by atoms with Gasteiger partial charge in [-0.15, -0.1) is 0 Å². The zero-order chi connectivity index (χ0) is 12.1. The molecule has 1 heterocycles. The third-order valence-electron chi connectivity index (χ3n) is 3.78. The predicted octanol–water partition coefficient (Wildman–Crippen LogP) is 0.411. The molecule has 1 aliphatic carbocycles. The van der Waals surface area contributed by atoms with Crippen molar-refractivity contribution in [3.05, 3.63) is 0 Å². The third kappa shape index (κ3) is 4.92. The largest absolute Gasteiger partial charge is 0.392 e. The number of nitrogens with zero attached hydrogens (tertiary/aromatic N) is 2. The lowest BCUT2D eigenvalue weighted by molar-refractivity contribution is 0.0355. The van der Waals surface area contributed by atoms with Gasteiger partial charge in [0.15, 0.2) is 0 Å². The first-order valence-electron chi connectivity index (χ1n) is 6.92. The van der Waals surface area contributed by atoms with Crippen molar-refractivity contribution in [2.24, 2.45) is 5.92 Å². The van der Waals surface area contributed by atoms with Gasteiger partial charge in [0, 0.05) is 19.6 Å². The second kappa shape index (κ2) is 6.69. The Labute approximate surface area is 105 Å². The van der Waals surface area contributed by atoms with Crippen molar-refractivity contribution < 1.29 is 9.84 Å². The summed E-state index contributed by atoms with van der Waals surface area (Å²) in [5, 5.41) is 9.84. The minimum atomic E-state index is -0.0941. The Morgan fingerprint density at radius 2 is 2.06 bits per heavy atom. The molecule has 0 aromatic heterocycles. The van der Waals surface area contributed by atoms with Gasteiger partial charge in [-0.05, 0) is 45.3 Å². The molecule has 1 unspecified atom stereocenters. The zero-order valence-electron chi connectivity index (χ0n) is 11.0. The van der Waals surface area contributed by atoms with Crippen LogP contribution in [0.2, 0.25) is 0 Å². The van der Waals surface area contributed by atoms with Gasteiger partial charge in [-0.2, -0.15) is 0 Å². The van der Waals surface area contributed by atoms with Crippen LogP contribution in [0, 0.1) is 5.92 Å². The van der Waals surface area contributed by atoms with Crippen molar-refractivity contribution in [3.8, 4) is 0 Å². The van der Waals surface area contributed by atoms with E-state index in [2.05, 4.69) is 16.8 Å². The Morgan fingerprint density at radius 3 is 2.71 bits per heavy atom. The van der Waals surface area contributed by atoms with Gasteiger partial charge in [0.1, 0.15) is 0 Å². The summed E-state index contributed by atoms with van der Waals surface area (Å²) in [6.07, 6.45) is 3.54. The smallest absolute Gasteiger partial charge is 0.0695 e. The van der Waals surface area contributed by atoms with Gasteiger partial charge in [0.05, 0.1) is 19.3 Å². The van der Waals surface area contributed by atoms with Crippen LogP contribution in [0.4, 0.5) is 0 Å². The molecule has 0 aromatic rings. The van der Waals surface area contributed by atoms with Gasteiger partial charge < -0.3 is 14.7 Å². The summed E-state index contributed by atoms with van der Waals surface area (Å²) in [5.41, 5.74) is 0. The summed E-state index contributed by atoms with van der Waals surface area (Å²) in [6.45, 7) is 7.01. The van der Waals surface area contributed by atoms with E-state index in [1.807, 2.05) is 0 Å². The lowest BCUT2D eigenvalue weighted by Gasteiger charge is -2.27. The maximum absolute atomic E-state index is 9.84. The number of likely N-dealkylation sites (N-methyl/N-ethyl adjacent to an activating group) is 1. The molecule has 0 radical (unpaired) electrons. The first kappa shape index (κ1) is 13.3. The van der Waals surface area contributed by atoms with Gasteiger partial charge >= 0.3 is 0 Å². The second-order valence-electron chi connectivity index (χ2n) is 5.47. The number of rotatable bonds is 7. The highest BCUT2D eigenvalue weighted by molar-refractivity contribution is 4.82. The van der Waals surface area contributed by atoms with Crippen LogP contribution in [0.3, 0.4) is 0 Å². The molecule has 2 aliphatic rings. The van der Waals surface area contributed by atoms with Crippen molar-refractivity contribution in [2.45, 2.75) is 25.4 Å². The highest BCUT2D eigenvalue weighted by Crippen LogP contribution is 2.32. The molecule has 1 saturated carbocycles. The zero-order valence-corrected chi connectivity index (χ0v) is 11.0. The van der Waals surface area contributed by atoms with Gasteiger partial charge in [0.25, 0.3) is 0 Å². The van der Waals surface area contributed by atoms with Crippen molar-refractivity contribution in [1.82, 2.24) is 9.80 Å². The molecule has 1 saturated heterocycles. The summed E-state index contributed by atoms with van der Waals surface area (Å²) in [5.74, 6) is 0.594. The van der Waals surface area contributed by atoms with E-state index in [4.69, 9.17) is 4.74 Å². The maximum atomic E-state index is 9.84. The van der Waals surface area contributed by atoms with E-state index in [-0.39, 0.29) is 6.10 Å². The minimum Gasteiger partial charge on any atom is -0.392 e. The average molecular weight is 242 g/mol. The maximum Gasteiger partial charge on any atom is 0.0695 e. The average Bonchev–Trinajstić information content (AvgIpc) is 3.14. The summed E-state index contributed by atoms with van der Waals surface area (Å²) in [4.78, 5) is 4.73. The topological polar surface area (TPSA) is 35.9 Å². The normalized spacial score (nSPS) is 24.2. The molecule has 1 atom stereocenters. The Bertz CT molecular complexity index is 215. The minimum absolute atomic E-state index is 0.0941. The van der Waals surface area contributed by atoms with Crippen molar-refractivity contribution in [2.75, 3.05) is 53.0 Å². The summed E-state index contributed by atoms with van der Waals surface area (Å²) >= 11 is 0. The summed E-state index contributed by atoms with van der Waals surface area (Å²) < 4.78 is 5.33. The highest BCUT2D eigenvalue weighted by atomic mass is 16.5. The fraction of sp³-hybridized carbons (Fsp3) is 1.00. The van der Waals surface area contributed by atoms with E-state index in [1.165, 1.54) is 19.3 Å². The fourth-order valence-electron chi connectivity index (χ4n) is 2.43. The number of hydrogen-bond donors (Lipinski definition) is 1. The van der Waals surface area contributed by atoms with Crippen LogP contribution < -0.4 is 0 Å². The molecule has 100 valence electrons. The van der Waals surface area contributed by atoms with Crippen LogP contribution in [-0.2, 0) is 4.74 Å². The van der Waals surface area contributed by atoms with Crippen LogP contribution >= 0.6 is 0 Å². The number of ether oxygens (including phenoxy) is 1. The molecule has 0 spiro atoms. The highest BCUT2D eigenvalue weighted by Gasteiger charge is 2.30. The van der Waals surface area contributed by atoms with Crippen LogP contribution in [-0.4, -0.2) is 74.0 Å². The molecule has 2 rings (SSSR count). The van der Waals surface area contributed by atoms with Crippen LogP contribution in [0.15, 0.2) is 0 Å². The SMILES string of the molecule is CN(CCCN1CCOCC1)CC(O)C1CC1. The van der Waals surface area contributed by atoms with Crippen LogP contribution in [0.5, 0.6) is 0 Å². The quantitative estimate of drug-likeness (QED) is 0.701. The van der Waals surface area contributed by atoms with Crippen LogP contribution in [0.25, 0.3) is 0 Å². The monoisotopic (exact) mass is 242 g/mol. The van der Waals surface area contributed by atoms with E-state index in [1.54, 1.807) is 0 Å². The number of aliphatic hydroxyl groups excluding tert-OH is 1. The number of aliphatic hydroxyl groups is 1. The fourth-order valence-corrected chi connectivity index (χ4v) is 2.43. The first-order valence-corrected chi connectivity index (χ1v) is 6.92. The molecule has 0 amide bonds. The third-order valence-corrected chi connectivity index (χ3v) is 3.78. The molecule has 4 nitrogen and oxygen atoms in total. The Morgan fingerprint density at radius 1 is 1.35 bits per heavy atom. The van der Waals surface area contributed by atoms with Gasteiger partial charge in [-0.25, -0.2) is 0 Å². The second-order valence-corrected chi connectivity index (χ2v) is 5.47. The molecular weight excluding hydrogens is 216 g/mol. The van der Waals surface area contributed by atoms with E-state index in [0.717, 1.165) is 45.9 Å². The van der Waals surface area contributed by atoms with E-state index in [0.29, 0.717) is 5.92 Å². The summed E-state index contributed by atoms with van der Waals surface area (Å²) in [7, 11) is 2.12. The first-order chi connectivity index (χ1) is 8.25. The van der Waals surface area contributed by atoms with Crippen molar-refractivity contribution >= 4 is 0 Å². The molecule has 0 bridgehead atoms. The van der Waals surface area contributed by atoms with E-state index >= 15 is 0 Å². The molecule has 1 N–H and O–H groups in total. The van der Waals surface area contributed by atoms with Crippen molar-refractivity contribution in [1.29, 1.82) is 0 Å². The van der Waals surface area contributed by atoms with Crippen LogP contribution in [0.1, 0.15) is 19.3 Å². The standard InChI is InChI=1S/C13H26N2O2/c1-14(11-13(16)12-3-4-12)5-2-6-15-7-9-17-10-8-15/h12-13,16H,2-11H2,1H3.